The Morgan fingerprint density at radius 2 is 1.81 bits per heavy atom. The summed E-state index contributed by atoms with van der Waals surface area (Å²) in [7, 11) is 0. The van der Waals surface area contributed by atoms with E-state index in [2.05, 4.69) is 0 Å². The summed E-state index contributed by atoms with van der Waals surface area (Å²) in [5.74, 6) is -1.00. The molecule has 0 radical (unpaired) electrons. The second kappa shape index (κ2) is 7.24. The minimum absolute atomic E-state index is 0.0768. The summed E-state index contributed by atoms with van der Waals surface area (Å²) in [4.78, 5) is 21.5. The van der Waals surface area contributed by atoms with Crippen LogP contribution in [0.3, 0.4) is 0 Å². The van der Waals surface area contributed by atoms with E-state index in [9.17, 15) is 14.9 Å². The largest absolute Gasteiger partial charge is 0.475 e. The van der Waals surface area contributed by atoms with Gasteiger partial charge in [-0.25, -0.2) is 4.79 Å². The van der Waals surface area contributed by atoms with Gasteiger partial charge >= 0.3 is 5.97 Å². The van der Waals surface area contributed by atoms with Gasteiger partial charge in [-0.2, -0.15) is 0 Å². The summed E-state index contributed by atoms with van der Waals surface area (Å²) < 4.78 is 8.33. The lowest BCUT2D eigenvalue weighted by Crippen LogP contribution is -2.25. The van der Waals surface area contributed by atoms with E-state index in [1.807, 2.05) is 0 Å². The number of hydrogen-bond acceptors (Lipinski definition) is 6. The molecular formula is C12H12Cl2N2O5. The Labute approximate surface area is 130 Å². The number of carbonyl (C=O) groups excluding carboxylic acids is 1. The summed E-state index contributed by atoms with van der Waals surface area (Å²) in [5.41, 5.74) is 0.0574. The first-order valence-electron chi connectivity index (χ1n) is 5.73. The second-order valence-electron chi connectivity index (χ2n) is 4.01. The zero-order chi connectivity index (χ0) is 16.0. The fourth-order valence-corrected chi connectivity index (χ4v) is 1.32. The molecule has 1 N–H and O–H groups in total. The van der Waals surface area contributed by atoms with Gasteiger partial charge in [-0.1, -0.05) is 23.2 Å². The standard InChI is InChI=1S/C12H12Cl2N2O5/c1-12(13,14)11(15)21-7-6-20-10(17)8-2-4-9(5-3-8)16(18)19/h2-5,15H,6-7H2,1H3. The van der Waals surface area contributed by atoms with Gasteiger partial charge in [0.2, 0.25) is 5.90 Å². The van der Waals surface area contributed by atoms with Gasteiger partial charge in [0.25, 0.3) is 5.69 Å². The maximum Gasteiger partial charge on any atom is 0.338 e. The van der Waals surface area contributed by atoms with Crippen LogP contribution in [0.1, 0.15) is 17.3 Å². The van der Waals surface area contributed by atoms with Crippen LogP contribution in [0.2, 0.25) is 0 Å². The van der Waals surface area contributed by atoms with Gasteiger partial charge in [0.05, 0.1) is 10.5 Å². The maximum absolute atomic E-state index is 11.6. The number of non-ortho nitro benzene ring substituents is 1. The van der Waals surface area contributed by atoms with Crippen molar-refractivity contribution in [1.29, 1.82) is 5.41 Å². The van der Waals surface area contributed by atoms with E-state index in [0.717, 1.165) is 0 Å². The van der Waals surface area contributed by atoms with E-state index in [1.165, 1.54) is 31.2 Å². The average molecular weight is 335 g/mol. The van der Waals surface area contributed by atoms with E-state index in [4.69, 9.17) is 38.1 Å². The Morgan fingerprint density at radius 3 is 2.29 bits per heavy atom. The van der Waals surface area contributed by atoms with Crippen molar-refractivity contribution >= 4 is 40.8 Å². The molecule has 0 unspecified atom stereocenters. The Kier molecular flexibility index (Phi) is 5.92. The number of nitro groups is 1. The van der Waals surface area contributed by atoms with Crippen molar-refractivity contribution in [3.05, 3.63) is 39.9 Å². The number of benzene rings is 1. The number of nitrogens with one attached hydrogen (secondary N) is 1. The first-order chi connectivity index (χ1) is 9.71. The normalized spacial score (nSPS) is 10.8. The number of ether oxygens (including phenoxy) is 2. The van der Waals surface area contributed by atoms with Gasteiger partial charge in [0.1, 0.15) is 13.2 Å². The van der Waals surface area contributed by atoms with Gasteiger partial charge in [-0.15, -0.1) is 0 Å². The van der Waals surface area contributed by atoms with Crippen LogP contribution < -0.4 is 0 Å². The number of hydrogen-bond donors (Lipinski definition) is 1. The second-order valence-corrected chi connectivity index (χ2v) is 5.71. The van der Waals surface area contributed by atoms with Crippen LogP contribution in [-0.2, 0) is 9.47 Å². The average Bonchev–Trinajstić information content (AvgIpc) is 2.42. The first-order valence-corrected chi connectivity index (χ1v) is 6.48. The zero-order valence-corrected chi connectivity index (χ0v) is 12.5. The predicted molar refractivity (Wildman–Crippen MR) is 77.2 cm³/mol. The quantitative estimate of drug-likeness (QED) is 0.164. The molecule has 0 heterocycles. The van der Waals surface area contributed by atoms with Crippen LogP contribution in [0, 0.1) is 15.5 Å². The third-order valence-corrected chi connectivity index (χ3v) is 2.62. The third kappa shape index (κ3) is 5.57. The fourth-order valence-electron chi connectivity index (χ4n) is 1.21. The van der Waals surface area contributed by atoms with E-state index in [1.54, 1.807) is 0 Å². The van der Waals surface area contributed by atoms with Crippen molar-refractivity contribution in [2.75, 3.05) is 13.2 Å². The molecule has 0 bridgehead atoms. The number of esters is 1. The molecule has 0 amide bonds. The smallest absolute Gasteiger partial charge is 0.338 e. The monoisotopic (exact) mass is 334 g/mol. The molecule has 1 rings (SSSR count). The lowest BCUT2D eigenvalue weighted by Gasteiger charge is -2.15. The highest BCUT2D eigenvalue weighted by atomic mass is 35.5. The van der Waals surface area contributed by atoms with Crippen LogP contribution in [0.15, 0.2) is 24.3 Å². The summed E-state index contributed by atoms with van der Waals surface area (Å²) in [6, 6.07) is 4.99. The molecular weight excluding hydrogens is 323 g/mol. The minimum Gasteiger partial charge on any atom is -0.475 e. The summed E-state index contributed by atoms with van der Waals surface area (Å²) >= 11 is 11.2. The van der Waals surface area contributed by atoms with Crippen molar-refractivity contribution in [2.45, 2.75) is 11.3 Å². The maximum atomic E-state index is 11.6. The molecule has 0 aliphatic rings. The molecule has 0 aliphatic carbocycles. The zero-order valence-electron chi connectivity index (χ0n) is 11.0. The number of rotatable bonds is 6. The summed E-state index contributed by atoms with van der Waals surface area (Å²) in [5, 5.41) is 17.8. The molecule has 1 aromatic rings. The highest BCUT2D eigenvalue weighted by Gasteiger charge is 2.25. The van der Waals surface area contributed by atoms with Crippen LogP contribution in [0.5, 0.6) is 0 Å². The van der Waals surface area contributed by atoms with Crippen molar-refractivity contribution in [2.24, 2.45) is 0 Å². The Balaban J connectivity index is 2.41. The SMILES string of the molecule is CC(Cl)(Cl)C(=N)OCCOC(=O)c1ccc([N+](=O)[O-])cc1. The first kappa shape index (κ1) is 17.2. The highest BCUT2D eigenvalue weighted by Crippen LogP contribution is 2.21. The molecule has 0 aromatic heterocycles. The van der Waals surface area contributed by atoms with Crippen LogP contribution >= 0.6 is 23.2 Å². The van der Waals surface area contributed by atoms with Crippen molar-refractivity contribution in [3.63, 3.8) is 0 Å². The lowest BCUT2D eigenvalue weighted by molar-refractivity contribution is -0.384. The number of nitro benzene ring substituents is 1. The van der Waals surface area contributed by atoms with Crippen molar-refractivity contribution in [1.82, 2.24) is 0 Å². The third-order valence-electron chi connectivity index (χ3n) is 2.28. The van der Waals surface area contributed by atoms with E-state index in [0.29, 0.717) is 0 Å². The van der Waals surface area contributed by atoms with E-state index >= 15 is 0 Å². The molecule has 7 nitrogen and oxygen atoms in total. The molecule has 0 atom stereocenters. The van der Waals surface area contributed by atoms with Crippen molar-refractivity contribution in [3.8, 4) is 0 Å². The van der Waals surface area contributed by atoms with Crippen molar-refractivity contribution < 1.29 is 19.2 Å². The number of alkyl halides is 2. The molecule has 0 fully saturated rings. The van der Waals surface area contributed by atoms with Crippen LogP contribution in [-0.4, -0.2) is 34.3 Å². The highest BCUT2D eigenvalue weighted by molar-refractivity contribution is 6.57. The van der Waals surface area contributed by atoms with Crippen LogP contribution in [0.4, 0.5) is 5.69 Å². The topological polar surface area (TPSA) is 103 Å². The molecule has 0 saturated carbocycles. The molecule has 21 heavy (non-hydrogen) atoms. The minimum atomic E-state index is -1.44. The summed E-state index contributed by atoms with van der Waals surface area (Å²) in [6.45, 7) is 1.19. The van der Waals surface area contributed by atoms with Crippen LogP contribution in [0.25, 0.3) is 0 Å². The Hall–Kier alpha value is -1.86. The Morgan fingerprint density at radius 1 is 1.29 bits per heavy atom. The van der Waals surface area contributed by atoms with Gasteiger partial charge < -0.3 is 9.47 Å². The lowest BCUT2D eigenvalue weighted by atomic mass is 10.2. The van der Waals surface area contributed by atoms with Gasteiger partial charge in [-0.3, -0.25) is 15.5 Å². The molecule has 1 aromatic carbocycles. The Bertz CT molecular complexity index is 540. The fraction of sp³-hybridized carbons (Fsp3) is 0.333. The van der Waals surface area contributed by atoms with E-state index in [-0.39, 0.29) is 30.4 Å². The predicted octanol–water partition coefficient (Wildman–Crippen LogP) is 2.94. The molecule has 0 spiro atoms. The van der Waals surface area contributed by atoms with Gasteiger partial charge in [-0.05, 0) is 19.1 Å². The number of halogens is 2. The molecule has 0 aliphatic heterocycles. The van der Waals surface area contributed by atoms with E-state index < -0.39 is 15.2 Å². The van der Waals surface area contributed by atoms with Gasteiger partial charge in [0.15, 0.2) is 4.33 Å². The number of carbonyl (C=O) groups is 1. The number of nitrogens with zero attached hydrogens (tertiary/aromatic N) is 1. The molecule has 9 heteroatoms. The molecule has 0 saturated heterocycles. The van der Waals surface area contributed by atoms with Gasteiger partial charge in [0, 0.05) is 12.1 Å². The molecule has 114 valence electrons. The summed E-state index contributed by atoms with van der Waals surface area (Å²) in [6.07, 6.45) is 0.